The van der Waals surface area contributed by atoms with Gasteiger partial charge in [-0.25, -0.2) is 9.18 Å². The maximum atomic E-state index is 14.9. The Morgan fingerprint density at radius 2 is 1.96 bits per heavy atom. The lowest BCUT2D eigenvalue weighted by Crippen LogP contribution is -2.61. The molecule has 6 nitrogen and oxygen atoms in total. The second kappa shape index (κ2) is 6.09. The largest absolute Gasteiger partial charge is 0.477 e. The quantitative estimate of drug-likeness (QED) is 0.910. The van der Waals surface area contributed by atoms with E-state index < -0.39 is 17.2 Å². The molecule has 4 heterocycles. The van der Waals surface area contributed by atoms with Crippen LogP contribution in [0.25, 0.3) is 10.9 Å². The number of carbonyl (C=O) groups is 1. The molecule has 7 heteroatoms. The number of pyridine rings is 1. The van der Waals surface area contributed by atoms with E-state index in [4.69, 9.17) is 0 Å². The van der Waals surface area contributed by atoms with Gasteiger partial charge in [0, 0.05) is 43.2 Å². The lowest BCUT2D eigenvalue weighted by Gasteiger charge is -2.51. The summed E-state index contributed by atoms with van der Waals surface area (Å²) >= 11 is 0. The Hall–Kier alpha value is -2.41. The number of carboxylic acid groups (broad SMARTS) is 1. The molecule has 0 saturated carbocycles. The molecule has 1 N–H and O–H groups in total. The molecule has 3 aliphatic heterocycles. The van der Waals surface area contributed by atoms with Crippen LogP contribution in [0.2, 0.25) is 0 Å². The molecule has 0 amide bonds. The predicted molar refractivity (Wildman–Crippen MR) is 97.6 cm³/mol. The summed E-state index contributed by atoms with van der Waals surface area (Å²) in [7, 11) is 2.10. The summed E-state index contributed by atoms with van der Waals surface area (Å²) in [6, 6.07) is 4.63. The molecular formula is C19H22FN3O3. The lowest BCUT2D eigenvalue weighted by molar-refractivity contribution is 0.0685. The number of fused-ring (bicyclic) bond motifs is 4. The van der Waals surface area contributed by atoms with Gasteiger partial charge in [0.15, 0.2) is 5.43 Å². The van der Waals surface area contributed by atoms with Gasteiger partial charge >= 0.3 is 5.97 Å². The first-order valence-corrected chi connectivity index (χ1v) is 8.98. The van der Waals surface area contributed by atoms with E-state index in [0.717, 1.165) is 32.0 Å². The highest BCUT2D eigenvalue weighted by Crippen LogP contribution is 2.35. The minimum absolute atomic E-state index is 0.0672. The molecule has 0 aliphatic carbocycles. The van der Waals surface area contributed by atoms with E-state index in [9.17, 15) is 19.1 Å². The van der Waals surface area contributed by atoms with Gasteiger partial charge in [0.2, 0.25) is 0 Å². The zero-order valence-electron chi connectivity index (χ0n) is 14.9. The predicted octanol–water partition coefficient (Wildman–Crippen LogP) is 2.14. The molecule has 2 unspecified atom stereocenters. The number of aromatic carboxylic acids is 1. The highest BCUT2D eigenvalue weighted by Gasteiger charge is 2.38. The minimum atomic E-state index is -1.16. The Balaban J connectivity index is 1.91. The van der Waals surface area contributed by atoms with Crippen LogP contribution in [0.5, 0.6) is 0 Å². The number of hydrogen-bond acceptors (Lipinski definition) is 4. The summed E-state index contributed by atoms with van der Waals surface area (Å²) in [5.74, 6) is -1.58. The first-order valence-electron chi connectivity index (χ1n) is 8.98. The molecule has 5 rings (SSSR count). The monoisotopic (exact) mass is 359 g/mol. The van der Waals surface area contributed by atoms with Crippen molar-refractivity contribution in [3.05, 3.63) is 39.9 Å². The van der Waals surface area contributed by atoms with Crippen LogP contribution in [0.15, 0.2) is 23.0 Å². The lowest BCUT2D eigenvalue weighted by atomic mass is 9.90. The standard InChI is InChI=1S/C19H22FN3O3/c1-3-22-15-7-16(23-10-11-4-5-12(23)9-21(11)2)14(20)6-13(15)18(24)8-17(22)19(25)26/h6-8,11-12H,3-5,9-10H2,1-2H3,(H,25,26). The number of carboxylic acids is 1. The molecule has 2 atom stereocenters. The van der Waals surface area contributed by atoms with Gasteiger partial charge in [-0.3, -0.25) is 9.69 Å². The third-order valence-electron chi connectivity index (χ3n) is 5.83. The second-order valence-electron chi connectivity index (χ2n) is 7.24. The molecule has 0 spiro atoms. The Morgan fingerprint density at radius 3 is 2.54 bits per heavy atom. The number of hydrogen-bond donors (Lipinski definition) is 1. The van der Waals surface area contributed by atoms with Gasteiger partial charge in [-0.2, -0.15) is 0 Å². The topological polar surface area (TPSA) is 65.8 Å². The fourth-order valence-electron chi connectivity index (χ4n) is 4.45. The fourth-order valence-corrected chi connectivity index (χ4v) is 4.45. The minimum Gasteiger partial charge on any atom is -0.477 e. The SMILES string of the molecule is CCn1c(C(=O)O)cc(=O)c2cc(F)c(N3CC4CCC3CN4C)cc21. The number of aryl methyl sites for hydroxylation is 1. The van der Waals surface area contributed by atoms with Gasteiger partial charge < -0.3 is 14.6 Å². The van der Waals surface area contributed by atoms with Crippen LogP contribution in [0.3, 0.4) is 0 Å². The number of halogens is 1. The van der Waals surface area contributed by atoms with Crippen molar-refractivity contribution in [1.29, 1.82) is 0 Å². The highest BCUT2D eigenvalue weighted by molar-refractivity contribution is 5.91. The summed E-state index contributed by atoms with van der Waals surface area (Å²) in [4.78, 5) is 28.2. The van der Waals surface area contributed by atoms with Crippen molar-refractivity contribution in [2.75, 3.05) is 25.0 Å². The van der Waals surface area contributed by atoms with Gasteiger partial charge in [0.25, 0.3) is 0 Å². The van der Waals surface area contributed by atoms with Crippen molar-refractivity contribution in [3.8, 4) is 0 Å². The second-order valence-corrected chi connectivity index (χ2v) is 7.24. The summed E-state index contributed by atoms with van der Waals surface area (Å²) in [5.41, 5.74) is 0.406. The van der Waals surface area contributed by atoms with Gasteiger partial charge in [0.05, 0.1) is 11.2 Å². The fraction of sp³-hybridized carbons (Fsp3) is 0.474. The molecule has 1 aromatic heterocycles. The average molecular weight is 359 g/mol. The van der Waals surface area contributed by atoms with Crippen molar-refractivity contribution in [3.63, 3.8) is 0 Å². The molecule has 3 saturated heterocycles. The van der Waals surface area contributed by atoms with E-state index in [1.165, 1.54) is 6.07 Å². The molecule has 3 aliphatic rings. The highest BCUT2D eigenvalue weighted by atomic mass is 19.1. The van der Waals surface area contributed by atoms with E-state index in [-0.39, 0.29) is 17.1 Å². The number of benzene rings is 1. The van der Waals surface area contributed by atoms with Crippen LogP contribution in [-0.4, -0.2) is 52.8 Å². The van der Waals surface area contributed by atoms with Crippen molar-refractivity contribution in [2.45, 2.75) is 38.4 Å². The van der Waals surface area contributed by atoms with E-state index in [1.54, 1.807) is 10.6 Å². The molecule has 0 radical (unpaired) electrons. The summed E-state index contributed by atoms with van der Waals surface area (Å²) < 4.78 is 16.4. The van der Waals surface area contributed by atoms with Gasteiger partial charge in [-0.1, -0.05) is 0 Å². The third kappa shape index (κ3) is 2.49. The third-order valence-corrected chi connectivity index (χ3v) is 5.83. The molecule has 2 bridgehead atoms. The molecule has 26 heavy (non-hydrogen) atoms. The van der Waals surface area contributed by atoms with Crippen molar-refractivity contribution in [2.24, 2.45) is 0 Å². The number of aromatic nitrogens is 1. The van der Waals surface area contributed by atoms with Crippen LogP contribution < -0.4 is 10.3 Å². The van der Waals surface area contributed by atoms with Crippen LogP contribution >= 0.6 is 0 Å². The first kappa shape index (κ1) is 17.0. The zero-order chi connectivity index (χ0) is 18.6. The van der Waals surface area contributed by atoms with Crippen LogP contribution in [0, 0.1) is 5.82 Å². The maximum absolute atomic E-state index is 14.9. The Bertz CT molecular complexity index is 955. The van der Waals surface area contributed by atoms with E-state index in [2.05, 4.69) is 16.8 Å². The normalized spacial score (nSPS) is 23.0. The number of piperidine rings is 2. The van der Waals surface area contributed by atoms with Crippen LogP contribution in [-0.2, 0) is 6.54 Å². The zero-order valence-corrected chi connectivity index (χ0v) is 14.9. The average Bonchev–Trinajstić information content (AvgIpc) is 2.62. The van der Waals surface area contributed by atoms with E-state index in [1.807, 2.05) is 6.92 Å². The molecule has 1 aromatic carbocycles. The first-order chi connectivity index (χ1) is 12.4. The Labute approximate surface area is 150 Å². The Kier molecular flexibility index (Phi) is 3.99. The smallest absolute Gasteiger partial charge is 0.352 e. The van der Waals surface area contributed by atoms with Crippen molar-refractivity contribution in [1.82, 2.24) is 9.47 Å². The van der Waals surface area contributed by atoms with Crippen LogP contribution in [0.1, 0.15) is 30.3 Å². The summed E-state index contributed by atoms with van der Waals surface area (Å²) in [6.45, 7) is 3.84. The number of nitrogens with zero attached hydrogens (tertiary/aromatic N) is 3. The van der Waals surface area contributed by atoms with Crippen LogP contribution in [0.4, 0.5) is 10.1 Å². The Morgan fingerprint density at radius 1 is 1.23 bits per heavy atom. The number of anilines is 1. The molecule has 3 fully saturated rings. The summed E-state index contributed by atoms with van der Waals surface area (Å²) in [5, 5.41) is 9.64. The van der Waals surface area contributed by atoms with Gasteiger partial charge in [0.1, 0.15) is 11.5 Å². The number of likely N-dealkylation sites (N-methyl/N-ethyl adjacent to an activating group) is 1. The maximum Gasteiger partial charge on any atom is 0.352 e. The number of piperazine rings is 1. The van der Waals surface area contributed by atoms with Gasteiger partial charge in [-0.15, -0.1) is 0 Å². The van der Waals surface area contributed by atoms with Gasteiger partial charge in [-0.05, 0) is 38.9 Å². The molecular weight excluding hydrogens is 337 g/mol. The van der Waals surface area contributed by atoms with Crippen molar-refractivity contribution < 1.29 is 14.3 Å². The number of rotatable bonds is 3. The molecule has 138 valence electrons. The van der Waals surface area contributed by atoms with E-state index in [0.29, 0.717) is 23.8 Å². The van der Waals surface area contributed by atoms with Crippen molar-refractivity contribution >= 4 is 22.6 Å². The summed E-state index contributed by atoms with van der Waals surface area (Å²) in [6.07, 6.45) is 2.12. The molecule has 2 aromatic rings. The van der Waals surface area contributed by atoms with E-state index >= 15 is 0 Å².